The first kappa shape index (κ1) is 19.1. The number of amides is 1. The number of carbonyl (C=O) groups excluding carboxylic acids is 2. The standard InChI is InChI=1S/C19H15Cl2NO5/c1-26-13-6-3-9(7-14(13)27-2)17(23)15-16(22-19(25)18(15)24)11-5-4-10(20)8-12(11)21/h3-8,16,23H,1-2H3,(H,22,25). The second-order valence-electron chi connectivity index (χ2n) is 5.73. The van der Waals surface area contributed by atoms with Gasteiger partial charge in [0.15, 0.2) is 11.5 Å². The van der Waals surface area contributed by atoms with Gasteiger partial charge >= 0.3 is 0 Å². The fourth-order valence-corrected chi connectivity index (χ4v) is 3.39. The summed E-state index contributed by atoms with van der Waals surface area (Å²) in [6, 6.07) is 8.43. The van der Waals surface area contributed by atoms with Crippen molar-refractivity contribution in [2.75, 3.05) is 14.2 Å². The maximum absolute atomic E-state index is 12.4. The van der Waals surface area contributed by atoms with Gasteiger partial charge in [0.2, 0.25) is 0 Å². The molecule has 2 aromatic rings. The Balaban J connectivity index is 2.15. The molecule has 2 aromatic carbocycles. The highest BCUT2D eigenvalue weighted by atomic mass is 35.5. The van der Waals surface area contributed by atoms with Crippen molar-refractivity contribution in [1.29, 1.82) is 0 Å². The lowest BCUT2D eigenvalue weighted by atomic mass is 9.95. The Kier molecular flexibility index (Phi) is 5.30. The Bertz CT molecular complexity index is 971. The molecule has 1 saturated heterocycles. The van der Waals surface area contributed by atoms with Gasteiger partial charge < -0.3 is 19.9 Å². The average molecular weight is 408 g/mol. The summed E-state index contributed by atoms with van der Waals surface area (Å²) in [5, 5.41) is 14.0. The van der Waals surface area contributed by atoms with Crippen LogP contribution in [0.3, 0.4) is 0 Å². The summed E-state index contributed by atoms with van der Waals surface area (Å²) in [4.78, 5) is 24.4. The van der Waals surface area contributed by atoms with Crippen molar-refractivity contribution in [3.05, 3.63) is 63.1 Å². The zero-order valence-corrected chi connectivity index (χ0v) is 15.9. The monoisotopic (exact) mass is 407 g/mol. The van der Waals surface area contributed by atoms with Gasteiger partial charge in [-0.05, 0) is 35.9 Å². The molecule has 27 heavy (non-hydrogen) atoms. The van der Waals surface area contributed by atoms with Crippen LogP contribution in [0.15, 0.2) is 42.0 Å². The number of ketones is 1. The van der Waals surface area contributed by atoms with Crippen LogP contribution in [-0.4, -0.2) is 31.0 Å². The second-order valence-corrected chi connectivity index (χ2v) is 6.58. The zero-order valence-electron chi connectivity index (χ0n) is 14.4. The Morgan fingerprint density at radius 2 is 1.74 bits per heavy atom. The summed E-state index contributed by atoms with van der Waals surface area (Å²) >= 11 is 12.1. The van der Waals surface area contributed by atoms with Gasteiger partial charge in [0.05, 0.1) is 25.8 Å². The van der Waals surface area contributed by atoms with E-state index in [4.69, 9.17) is 32.7 Å². The van der Waals surface area contributed by atoms with Gasteiger partial charge in [-0.3, -0.25) is 9.59 Å². The first-order valence-electron chi connectivity index (χ1n) is 7.83. The Morgan fingerprint density at radius 1 is 1.04 bits per heavy atom. The molecule has 6 nitrogen and oxygen atoms in total. The van der Waals surface area contributed by atoms with Crippen molar-refractivity contribution >= 4 is 40.7 Å². The summed E-state index contributed by atoms with van der Waals surface area (Å²) in [6.45, 7) is 0. The van der Waals surface area contributed by atoms with Crippen molar-refractivity contribution in [3.63, 3.8) is 0 Å². The Hall–Kier alpha value is -2.70. The minimum Gasteiger partial charge on any atom is -0.507 e. The van der Waals surface area contributed by atoms with Gasteiger partial charge in [0.1, 0.15) is 5.76 Å². The van der Waals surface area contributed by atoms with Crippen LogP contribution in [-0.2, 0) is 9.59 Å². The third kappa shape index (κ3) is 3.46. The second kappa shape index (κ2) is 7.50. The molecule has 2 N–H and O–H groups in total. The lowest BCUT2D eigenvalue weighted by Crippen LogP contribution is -2.21. The van der Waals surface area contributed by atoms with E-state index in [9.17, 15) is 14.7 Å². The number of nitrogens with one attached hydrogen (secondary N) is 1. The quantitative estimate of drug-likeness (QED) is 0.458. The van der Waals surface area contributed by atoms with Crippen molar-refractivity contribution in [2.45, 2.75) is 6.04 Å². The molecular weight excluding hydrogens is 393 g/mol. The van der Waals surface area contributed by atoms with E-state index in [2.05, 4.69) is 5.32 Å². The number of Topliss-reactive ketones (excluding diaryl/α,β-unsaturated/α-hetero) is 1. The zero-order chi connectivity index (χ0) is 19.7. The van der Waals surface area contributed by atoms with Gasteiger partial charge in [-0.1, -0.05) is 29.3 Å². The summed E-state index contributed by atoms with van der Waals surface area (Å²) in [5.41, 5.74) is 0.640. The number of carbonyl (C=O) groups is 2. The van der Waals surface area contributed by atoms with E-state index in [1.165, 1.54) is 26.4 Å². The Labute approximate surface area is 165 Å². The molecule has 0 saturated carbocycles. The van der Waals surface area contributed by atoms with E-state index in [0.717, 1.165) is 0 Å². The highest BCUT2D eigenvalue weighted by Gasteiger charge is 2.40. The minimum atomic E-state index is -0.900. The summed E-state index contributed by atoms with van der Waals surface area (Å²) in [5.74, 6) is -1.18. The van der Waals surface area contributed by atoms with Gasteiger partial charge in [-0.15, -0.1) is 0 Å². The van der Waals surface area contributed by atoms with Crippen LogP contribution in [0.25, 0.3) is 5.76 Å². The molecule has 0 aliphatic carbocycles. The number of hydrogen-bond acceptors (Lipinski definition) is 5. The first-order chi connectivity index (χ1) is 12.9. The van der Waals surface area contributed by atoms with Crippen LogP contribution < -0.4 is 14.8 Å². The third-order valence-electron chi connectivity index (χ3n) is 4.20. The van der Waals surface area contributed by atoms with Crippen LogP contribution in [0.1, 0.15) is 17.2 Å². The third-order valence-corrected chi connectivity index (χ3v) is 4.76. The number of aliphatic hydroxyl groups excluding tert-OH is 1. The van der Waals surface area contributed by atoms with Crippen LogP contribution >= 0.6 is 23.2 Å². The van der Waals surface area contributed by atoms with E-state index in [0.29, 0.717) is 27.6 Å². The minimum absolute atomic E-state index is 0.101. The molecule has 1 aliphatic rings. The van der Waals surface area contributed by atoms with Gasteiger partial charge in [0.25, 0.3) is 11.7 Å². The fraction of sp³-hybridized carbons (Fsp3) is 0.158. The maximum Gasteiger partial charge on any atom is 0.293 e. The highest BCUT2D eigenvalue weighted by Crippen LogP contribution is 2.38. The molecule has 0 radical (unpaired) electrons. The number of aliphatic hydroxyl groups is 1. The number of methoxy groups -OCH3 is 2. The number of hydrogen-bond donors (Lipinski definition) is 2. The van der Waals surface area contributed by atoms with E-state index in [1.54, 1.807) is 24.3 Å². The lowest BCUT2D eigenvalue weighted by molar-refractivity contribution is -0.133. The molecule has 1 atom stereocenters. The summed E-state index contributed by atoms with van der Waals surface area (Å²) in [7, 11) is 2.94. The normalized spacial score (nSPS) is 18.3. The number of ether oxygens (including phenoxy) is 2. The first-order valence-corrected chi connectivity index (χ1v) is 8.58. The molecule has 1 heterocycles. The van der Waals surface area contributed by atoms with E-state index in [1.807, 2.05) is 0 Å². The number of benzene rings is 2. The van der Waals surface area contributed by atoms with Crippen LogP contribution in [0.4, 0.5) is 0 Å². The molecule has 1 unspecified atom stereocenters. The Morgan fingerprint density at radius 3 is 2.37 bits per heavy atom. The average Bonchev–Trinajstić information content (AvgIpc) is 2.95. The van der Waals surface area contributed by atoms with Gasteiger partial charge in [-0.25, -0.2) is 0 Å². The molecule has 1 amide bonds. The van der Waals surface area contributed by atoms with E-state index < -0.39 is 17.7 Å². The molecule has 8 heteroatoms. The van der Waals surface area contributed by atoms with Crippen molar-refractivity contribution < 1.29 is 24.2 Å². The predicted molar refractivity (Wildman–Crippen MR) is 101 cm³/mol. The lowest BCUT2D eigenvalue weighted by Gasteiger charge is -2.16. The van der Waals surface area contributed by atoms with Gasteiger partial charge in [0, 0.05) is 15.6 Å². The molecule has 0 aromatic heterocycles. The van der Waals surface area contributed by atoms with Crippen molar-refractivity contribution in [2.24, 2.45) is 0 Å². The molecule has 0 spiro atoms. The summed E-state index contributed by atoms with van der Waals surface area (Å²) in [6.07, 6.45) is 0. The summed E-state index contributed by atoms with van der Waals surface area (Å²) < 4.78 is 10.4. The van der Waals surface area contributed by atoms with Gasteiger partial charge in [-0.2, -0.15) is 0 Å². The number of rotatable bonds is 4. The largest absolute Gasteiger partial charge is 0.507 e. The SMILES string of the molecule is COc1ccc(C(O)=C2C(=O)C(=O)NC2c2ccc(Cl)cc2Cl)cc1OC. The smallest absolute Gasteiger partial charge is 0.293 e. The fourth-order valence-electron chi connectivity index (χ4n) is 2.87. The molecule has 1 fully saturated rings. The topological polar surface area (TPSA) is 84.9 Å². The molecule has 0 bridgehead atoms. The van der Waals surface area contributed by atoms with E-state index >= 15 is 0 Å². The molecule has 140 valence electrons. The maximum atomic E-state index is 12.4. The molecule has 1 aliphatic heterocycles. The number of halogens is 2. The molecular formula is C19H15Cl2NO5. The van der Waals surface area contributed by atoms with Crippen LogP contribution in [0.5, 0.6) is 11.5 Å². The predicted octanol–water partition coefficient (Wildman–Crippen LogP) is 3.72. The van der Waals surface area contributed by atoms with E-state index in [-0.39, 0.29) is 16.4 Å². The molecule has 3 rings (SSSR count). The van der Waals surface area contributed by atoms with Crippen molar-refractivity contribution in [3.8, 4) is 11.5 Å². The van der Waals surface area contributed by atoms with Crippen molar-refractivity contribution in [1.82, 2.24) is 5.32 Å². The van der Waals surface area contributed by atoms with Crippen LogP contribution in [0.2, 0.25) is 10.0 Å². The highest BCUT2D eigenvalue weighted by molar-refractivity contribution is 6.47. The van der Waals surface area contributed by atoms with Crippen LogP contribution in [0, 0.1) is 0 Å².